The van der Waals surface area contributed by atoms with Crippen LogP contribution in [0, 0.1) is 5.92 Å². The minimum absolute atomic E-state index is 0.712. The van der Waals surface area contributed by atoms with Gasteiger partial charge in [0.15, 0.2) is 0 Å². The van der Waals surface area contributed by atoms with E-state index in [1.54, 1.807) is 6.33 Å². The van der Waals surface area contributed by atoms with Crippen LogP contribution in [0.2, 0.25) is 0 Å². The fraction of sp³-hybridized carbons (Fsp3) is 0.714. The molecule has 19 heavy (non-hydrogen) atoms. The number of nitrogens with zero attached hydrogens (tertiary/aromatic N) is 2. The molecule has 0 aromatic carbocycles. The molecular formula is C14H25BrN4. The first kappa shape index (κ1) is 16.2. The lowest BCUT2D eigenvalue weighted by molar-refractivity contribution is 0.472. The third-order valence-electron chi connectivity index (χ3n) is 3.24. The number of hydrogen-bond donors (Lipinski definition) is 2. The Hall–Kier alpha value is -0.840. The van der Waals surface area contributed by atoms with E-state index in [0.717, 1.165) is 29.2 Å². The molecule has 0 radical (unpaired) electrons. The Morgan fingerprint density at radius 3 is 2.42 bits per heavy atom. The van der Waals surface area contributed by atoms with Crippen molar-refractivity contribution in [3.63, 3.8) is 0 Å². The molecule has 1 atom stereocenters. The minimum Gasteiger partial charge on any atom is -0.369 e. The zero-order valence-electron chi connectivity index (χ0n) is 12.2. The molecule has 1 aromatic heterocycles. The maximum atomic E-state index is 4.30. The summed E-state index contributed by atoms with van der Waals surface area (Å²) in [6, 6.07) is 0. The molecule has 108 valence electrons. The van der Waals surface area contributed by atoms with Crippen LogP contribution in [0.1, 0.15) is 46.5 Å². The number of unbranched alkanes of at least 4 members (excludes halogenated alkanes) is 1. The molecule has 0 fully saturated rings. The predicted molar refractivity (Wildman–Crippen MR) is 85.7 cm³/mol. The van der Waals surface area contributed by atoms with Gasteiger partial charge >= 0.3 is 0 Å². The van der Waals surface area contributed by atoms with Crippen LogP contribution in [-0.4, -0.2) is 23.1 Å². The van der Waals surface area contributed by atoms with Crippen molar-refractivity contribution in [1.29, 1.82) is 0 Å². The van der Waals surface area contributed by atoms with Crippen LogP contribution in [0.5, 0.6) is 0 Å². The molecular weight excluding hydrogens is 304 g/mol. The maximum absolute atomic E-state index is 4.30. The van der Waals surface area contributed by atoms with Gasteiger partial charge in [-0.25, -0.2) is 9.97 Å². The SMILES string of the molecule is CCCCC(CC)CNc1ncnc(NCC)c1Br. The van der Waals surface area contributed by atoms with Gasteiger partial charge in [0.2, 0.25) is 0 Å². The third-order valence-corrected chi connectivity index (χ3v) is 3.99. The first-order chi connectivity index (χ1) is 9.22. The van der Waals surface area contributed by atoms with Crippen molar-refractivity contribution >= 4 is 27.6 Å². The average molecular weight is 329 g/mol. The van der Waals surface area contributed by atoms with Crippen molar-refractivity contribution in [1.82, 2.24) is 9.97 Å². The number of anilines is 2. The molecule has 1 unspecified atom stereocenters. The second-order valence-corrected chi connectivity index (χ2v) is 5.51. The highest BCUT2D eigenvalue weighted by Gasteiger charge is 2.10. The van der Waals surface area contributed by atoms with Crippen LogP contribution >= 0.6 is 15.9 Å². The van der Waals surface area contributed by atoms with E-state index in [9.17, 15) is 0 Å². The summed E-state index contributed by atoms with van der Waals surface area (Å²) in [4.78, 5) is 8.52. The van der Waals surface area contributed by atoms with Crippen molar-refractivity contribution in [3.05, 3.63) is 10.8 Å². The highest BCUT2D eigenvalue weighted by molar-refractivity contribution is 9.10. The van der Waals surface area contributed by atoms with Crippen LogP contribution in [0.15, 0.2) is 10.8 Å². The van der Waals surface area contributed by atoms with Crippen LogP contribution in [0.4, 0.5) is 11.6 Å². The number of nitrogens with one attached hydrogen (secondary N) is 2. The standard InChI is InChI=1S/C14H25BrN4/c1-4-7-8-11(5-2)9-17-14-12(15)13(16-6-3)18-10-19-14/h10-11H,4-9H2,1-3H3,(H2,16,17,18,19). The number of aromatic nitrogens is 2. The third kappa shape index (κ3) is 5.35. The van der Waals surface area contributed by atoms with Crippen LogP contribution in [-0.2, 0) is 0 Å². The van der Waals surface area contributed by atoms with Gasteiger partial charge in [0.1, 0.15) is 22.4 Å². The molecule has 0 aliphatic carbocycles. The predicted octanol–water partition coefficient (Wildman–Crippen LogP) is 4.30. The number of rotatable bonds is 9. The summed E-state index contributed by atoms with van der Waals surface area (Å²) in [5.41, 5.74) is 0. The summed E-state index contributed by atoms with van der Waals surface area (Å²) in [5.74, 6) is 2.44. The van der Waals surface area contributed by atoms with Gasteiger partial charge in [-0.1, -0.05) is 33.1 Å². The topological polar surface area (TPSA) is 49.8 Å². The highest BCUT2D eigenvalue weighted by Crippen LogP contribution is 2.26. The molecule has 5 heteroatoms. The van der Waals surface area contributed by atoms with Gasteiger partial charge in [0.25, 0.3) is 0 Å². The van der Waals surface area contributed by atoms with Crippen LogP contribution < -0.4 is 10.6 Å². The van der Waals surface area contributed by atoms with Gasteiger partial charge in [-0.3, -0.25) is 0 Å². The highest BCUT2D eigenvalue weighted by atomic mass is 79.9. The van der Waals surface area contributed by atoms with Crippen molar-refractivity contribution in [2.24, 2.45) is 5.92 Å². The first-order valence-corrected chi connectivity index (χ1v) is 8.00. The lowest BCUT2D eigenvalue weighted by atomic mass is 9.99. The molecule has 4 nitrogen and oxygen atoms in total. The van der Waals surface area contributed by atoms with Crippen LogP contribution in [0.3, 0.4) is 0 Å². The number of halogens is 1. The fourth-order valence-electron chi connectivity index (χ4n) is 1.97. The monoisotopic (exact) mass is 328 g/mol. The second-order valence-electron chi connectivity index (χ2n) is 4.71. The Balaban J connectivity index is 2.58. The van der Waals surface area contributed by atoms with E-state index in [0.29, 0.717) is 5.92 Å². The van der Waals surface area contributed by atoms with E-state index in [4.69, 9.17) is 0 Å². The molecule has 0 spiro atoms. The fourth-order valence-corrected chi connectivity index (χ4v) is 2.45. The van der Waals surface area contributed by atoms with Crippen LogP contribution in [0.25, 0.3) is 0 Å². The zero-order valence-corrected chi connectivity index (χ0v) is 13.8. The number of hydrogen-bond acceptors (Lipinski definition) is 4. The summed E-state index contributed by atoms with van der Waals surface area (Å²) in [6.45, 7) is 8.37. The van der Waals surface area contributed by atoms with E-state index in [1.165, 1.54) is 25.7 Å². The van der Waals surface area contributed by atoms with Gasteiger partial charge in [0.05, 0.1) is 0 Å². The second kappa shape index (κ2) is 9.13. The summed E-state index contributed by atoms with van der Waals surface area (Å²) in [5, 5.41) is 6.65. The summed E-state index contributed by atoms with van der Waals surface area (Å²) >= 11 is 3.56. The zero-order chi connectivity index (χ0) is 14.1. The Morgan fingerprint density at radius 2 is 1.84 bits per heavy atom. The van der Waals surface area contributed by atoms with Gasteiger partial charge in [-0.2, -0.15) is 0 Å². The maximum Gasteiger partial charge on any atom is 0.145 e. The Morgan fingerprint density at radius 1 is 1.16 bits per heavy atom. The van der Waals surface area contributed by atoms with E-state index < -0.39 is 0 Å². The summed E-state index contributed by atoms with van der Waals surface area (Å²) < 4.78 is 0.919. The van der Waals surface area contributed by atoms with Gasteiger partial charge < -0.3 is 10.6 Å². The van der Waals surface area contributed by atoms with Crippen molar-refractivity contribution in [2.75, 3.05) is 23.7 Å². The van der Waals surface area contributed by atoms with Crippen molar-refractivity contribution in [2.45, 2.75) is 46.5 Å². The molecule has 0 amide bonds. The molecule has 2 N–H and O–H groups in total. The Kier molecular flexibility index (Phi) is 7.79. The largest absolute Gasteiger partial charge is 0.369 e. The van der Waals surface area contributed by atoms with E-state index in [-0.39, 0.29) is 0 Å². The normalized spacial score (nSPS) is 12.2. The van der Waals surface area contributed by atoms with Gasteiger partial charge in [-0.05, 0) is 35.2 Å². The molecule has 1 rings (SSSR count). The molecule has 1 aromatic rings. The summed E-state index contributed by atoms with van der Waals surface area (Å²) in [6.07, 6.45) is 6.64. The Bertz CT molecular complexity index is 370. The molecule has 0 aliphatic rings. The molecule has 0 aliphatic heterocycles. The van der Waals surface area contributed by atoms with Crippen molar-refractivity contribution in [3.8, 4) is 0 Å². The smallest absolute Gasteiger partial charge is 0.145 e. The van der Waals surface area contributed by atoms with Gasteiger partial charge in [0, 0.05) is 13.1 Å². The van der Waals surface area contributed by atoms with Gasteiger partial charge in [-0.15, -0.1) is 0 Å². The average Bonchev–Trinajstić information content (AvgIpc) is 2.43. The molecule has 0 saturated heterocycles. The van der Waals surface area contributed by atoms with E-state index >= 15 is 0 Å². The molecule has 0 saturated carbocycles. The molecule has 0 bridgehead atoms. The van der Waals surface area contributed by atoms with E-state index in [1.807, 2.05) is 0 Å². The first-order valence-electron chi connectivity index (χ1n) is 7.21. The minimum atomic E-state index is 0.712. The van der Waals surface area contributed by atoms with Crippen molar-refractivity contribution < 1.29 is 0 Å². The quantitative estimate of drug-likeness (QED) is 0.709. The lowest BCUT2D eigenvalue weighted by Crippen LogP contribution is -2.15. The molecule has 1 heterocycles. The lowest BCUT2D eigenvalue weighted by Gasteiger charge is -2.17. The summed E-state index contributed by atoms with van der Waals surface area (Å²) in [7, 11) is 0. The van der Waals surface area contributed by atoms with E-state index in [2.05, 4.69) is 57.3 Å². The Labute approximate surface area is 124 Å².